The molecule has 0 aliphatic carbocycles. The second-order valence-electron chi connectivity index (χ2n) is 6.61. The summed E-state index contributed by atoms with van der Waals surface area (Å²) in [7, 11) is 0. The molecule has 1 amide bonds. The van der Waals surface area contributed by atoms with E-state index in [0.29, 0.717) is 34.5 Å². The molecule has 2 aromatic heterocycles. The lowest BCUT2D eigenvalue weighted by Crippen LogP contribution is -2.10. The van der Waals surface area contributed by atoms with Crippen LogP contribution in [-0.2, 0) is 6.54 Å². The standard InChI is InChI=1S/C22H15N5O4/c23-12-15-10-21(26-19-8-7-17(27(29)30)11-18(15)19)24-13-14-3-5-16(6-4-14)25-22(28)20-2-1-9-31-20/h1-11H,13H2,(H,24,26)(H,25,28). The van der Waals surface area contributed by atoms with Gasteiger partial charge in [-0.3, -0.25) is 14.9 Å². The van der Waals surface area contributed by atoms with Gasteiger partial charge in [-0.15, -0.1) is 0 Å². The van der Waals surface area contributed by atoms with Crippen LogP contribution >= 0.6 is 0 Å². The number of carbonyl (C=O) groups is 1. The number of fused-ring (bicyclic) bond motifs is 1. The molecule has 0 unspecified atom stereocenters. The van der Waals surface area contributed by atoms with Crippen molar-refractivity contribution >= 4 is 34.0 Å². The summed E-state index contributed by atoms with van der Waals surface area (Å²) in [4.78, 5) is 26.9. The number of furan rings is 1. The molecule has 0 aliphatic heterocycles. The van der Waals surface area contributed by atoms with Crippen LogP contribution in [0.2, 0.25) is 0 Å². The number of nitriles is 1. The Morgan fingerprint density at radius 1 is 1.16 bits per heavy atom. The molecule has 2 N–H and O–H groups in total. The summed E-state index contributed by atoms with van der Waals surface area (Å²) >= 11 is 0. The number of pyridine rings is 1. The van der Waals surface area contributed by atoms with Crippen LogP contribution in [0, 0.1) is 21.4 Å². The Labute approximate surface area is 176 Å². The van der Waals surface area contributed by atoms with Gasteiger partial charge in [-0.1, -0.05) is 12.1 Å². The van der Waals surface area contributed by atoms with Gasteiger partial charge in [0.15, 0.2) is 5.76 Å². The maximum atomic E-state index is 12.0. The molecule has 31 heavy (non-hydrogen) atoms. The van der Waals surface area contributed by atoms with E-state index >= 15 is 0 Å². The topological polar surface area (TPSA) is 134 Å². The molecule has 0 radical (unpaired) electrons. The van der Waals surface area contributed by atoms with E-state index in [2.05, 4.69) is 21.7 Å². The Bertz CT molecular complexity index is 1310. The highest BCUT2D eigenvalue weighted by Crippen LogP contribution is 2.25. The number of amides is 1. The number of benzene rings is 2. The summed E-state index contributed by atoms with van der Waals surface area (Å²) < 4.78 is 5.06. The number of non-ortho nitro benzene ring substituents is 1. The first-order valence-electron chi connectivity index (χ1n) is 9.20. The third-order valence-corrected chi connectivity index (χ3v) is 4.55. The molecule has 0 atom stereocenters. The minimum atomic E-state index is -0.506. The predicted molar refractivity (Wildman–Crippen MR) is 114 cm³/mol. The number of aromatic nitrogens is 1. The molecule has 0 saturated carbocycles. The minimum absolute atomic E-state index is 0.0919. The molecule has 0 bridgehead atoms. The van der Waals surface area contributed by atoms with E-state index in [-0.39, 0.29) is 17.4 Å². The summed E-state index contributed by atoms with van der Waals surface area (Å²) in [6.07, 6.45) is 1.43. The molecule has 4 aromatic rings. The van der Waals surface area contributed by atoms with Gasteiger partial charge in [0.2, 0.25) is 0 Å². The Kier molecular flexibility index (Phi) is 5.27. The van der Waals surface area contributed by atoms with Crippen molar-refractivity contribution in [3.63, 3.8) is 0 Å². The lowest BCUT2D eigenvalue weighted by atomic mass is 10.1. The van der Waals surface area contributed by atoms with E-state index in [9.17, 15) is 20.2 Å². The quantitative estimate of drug-likeness (QED) is 0.352. The smallest absolute Gasteiger partial charge is 0.291 e. The maximum absolute atomic E-state index is 12.0. The highest BCUT2D eigenvalue weighted by molar-refractivity contribution is 6.02. The van der Waals surface area contributed by atoms with Crippen LogP contribution in [0.1, 0.15) is 21.7 Å². The van der Waals surface area contributed by atoms with Crippen molar-refractivity contribution < 1.29 is 14.1 Å². The predicted octanol–water partition coefficient (Wildman–Crippen LogP) is 4.47. The Hall–Kier alpha value is -4.71. The molecule has 9 heteroatoms. The molecule has 4 rings (SSSR count). The zero-order chi connectivity index (χ0) is 21.8. The summed E-state index contributed by atoms with van der Waals surface area (Å²) in [5.74, 6) is 0.375. The highest BCUT2D eigenvalue weighted by Gasteiger charge is 2.12. The zero-order valence-corrected chi connectivity index (χ0v) is 16.0. The minimum Gasteiger partial charge on any atom is -0.459 e. The van der Waals surface area contributed by atoms with Gasteiger partial charge in [-0.2, -0.15) is 5.26 Å². The van der Waals surface area contributed by atoms with Gasteiger partial charge >= 0.3 is 0 Å². The number of nitro groups is 1. The fourth-order valence-corrected chi connectivity index (χ4v) is 3.01. The molecular weight excluding hydrogens is 398 g/mol. The first-order valence-corrected chi connectivity index (χ1v) is 9.20. The summed E-state index contributed by atoms with van der Waals surface area (Å²) in [6, 6.07) is 18.3. The summed E-state index contributed by atoms with van der Waals surface area (Å²) in [5, 5.41) is 26.7. The molecule has 2 heterocycles. The Balaban J connectivity index is 1.46. The monoisotopic (exact) mass is 413 g/mol. The molecule has 9 nitrogen and oxygen atoms in total. The first kappa shape index (κ1) is 19.6. The van der Waals surface area contributed by atoms with Crippen molar-refractivity contribution in [2.24, 2.45) is 0 Å². The van der Waals surface area contributed by atoms with Crippen molar-refractivity contribution in [3.05, 3.63) is 93.9 Å². The molecular formula is C22H15N5O4. The number of hydrogen-bond acceptors (Lipinski definition) is 7. The first-order chi connectivity index (χ1) is 15.0. The maximum Gasteiger partial charge on any atom is 0.291 e. The van der Waals surface area contributed by atoms with Crippen LogP contribution in [0.25, 0.3) is 10.9 Å². The number of carbonyl (C=O) groups excluding carboxylic acids is 1. The van der Waals surface area contributed by atoms with Gasteiger partial charge in [0.1, 0.15) is 5.82 Å². The van der Waals surface area contributed by atoms with E-state index < -0.39 is 4.92 Å². The van der Waals surface area contributed by atoms with Crippen molar-refractivity contribution in [1.82, 2.24) is 4.98 Å². The number of rotatable bonds is 6. The second kappa shape index (κ2) is 8.34. The number of anilines is 2. The SMILES string of the molecule is N#Cc1cc(NCc2ccc(NC(=O)c3ccco3)cc2)nc2ccc([N+](=O)[O-])cc12. The zero-order valence-electron chi connectivity index (χ0n) is 16.0. The molecule has 0 fully saturated rings. The molecule has 0 aliphatic rings. The van der Waals surface area contributed by atoms with Gasteiger partial charge in [0.05, 0.1) is 28.3 Å². The normalized spacial score (nSPS) is 10.4. The molecule has 0 saturated heterocycles. The van der Waals surface area contributed by atoms with Crippen LogP contribution in [-0.4, -0.2) is 15.8 Å². The van der Waals surface area contributed by atoms with Gasteiger partial charge < -0.3 is 15.1 Å². The van der Waals surface area contributed by atoms with Crippen LogP contribution in [0.15, 0.2) is 71.3 Å². The number of nitro benzene ring substituents is 1. The molecule has 152 valence electrons. The van der Waals surface area contributed by atoms with Crippen LogP contribution in [0.4, 0.5) is 17.2 Å². The molecule has 2 aromatic carbocycles. The Morgan fingerprint density at radius 3 is 2.65 bits per heavy atom. The largest absolute Gasteiger partial charge is 0.459 e. The number of nitrogens with zero attached hydrogens (tertiary/aromatic N) is 3. The van der Waals surface area contributed by atoms with Gasteiger partial charge in [0, 0.05) is 29.8 Å². The Morgan fingerprint density at radius 2 is 1.97 bits per heavy atom. The van der Waals surface area contributed by atoms with Crippen molar-refractivity contribution in [3.8, 4) is 6.07 Å². The van der Waals surface area contributed by atoms with Crippen LogP contribution in [0.5, 0.6) is 0 Å². The average molecular weight is 413 g/mol. The van der Waals surface area contributed by atoms with Crippen molar-refractivity contribution in [2.75, 3.05) is 10.6 Å². The lowest BCUT2D eigenvalue weighted by molar-refractivity contribution is -0.384. The number of hydrogen-bond donors (Lipinski definition) is 2. The average Bonchev–Trinajstić information content (AvgIpc) is 3.33. The van der Waals surface area contributed by atoms with E-state index in [1.807, 2.05) is 12.1 Å². The third kappa shape index (κ3) is 4.33. The third-order valence-electron chi connectivity index (χ3n) is 4.55. The fourth-order valence-electron chi connectivity index (χ4n) is 3.01. The van der Waals surface area contributed by atoms with Gasteiger partial charge in [-0.25, -0.2) is 4.98 Å². The number of nitrogens with one attached hydrogen (secondary N) is 2. The van der Waals surface area contributed by atoms with Gasteiger partial charge in [0.25, 0.3) is 11.6 Å². The van der Waals surface area contributed by atoms with Crippen LogP contribution in [0.3, 0.4) is 0 Å². The molecule has 0 spiro atoms. The lowest BCUT2D eigenvalue weighted by Gasteiger charge is -2.09. The van der Waals surface area contributed by atoms with E-state index in [1.165, 1.54) is 24.5 Å². The summed E-state index contributed by atoms with van der Waals surface area (Å²) in [6.45, 7) is 0.433. The van der Waals surface area contributed by atoms with E-state index in [1.54, 1.807) is 30.3 Å². The second-order valence-corrected chi connectivity index (χ2v) is 6.61. The van der Waals surface area contributed by atoms with Crippen LogP contribution < -0.4 is 10.6 Å². The fraction of sp³-hybridized carbons (Fsp3) is 0.0455. The van der Waals surface area contributed by atoms with E-state index in [4.69, 9.17) is 4.42 Å². The van der Waals surface area contributed by atoms with E-state index in [0.717, 1.165) is 5.56 Å². The van der Waals surface area contributed by atoms with Gasteiger partial charge in [-0.05, 0) is 42.0 Å². The van der Waals surface area contributed by atoms with Crippen molar-refractivity contribution in [2.45, 2.75) is 6.54 Å². The van der Waals surface area contributed by atoms with Crippen molar-refractivity contribution in [1.29, 1.82) is 5.26 Å². The highest BCUT2D eigenvalue weighted by atomic mass is 16.6. The summed E-state index contributed by atoms with van der Waals surface area (Å²) in [5.41, 5.74) is 2.25.